The third kappa shape index (κ3) is 3.66. The lowest BCUT2D eigenvalue weighted by atomic mass is 10.0. The van der Waals surface area contributed by atoms with Crippen LogP contribution in [-0.2, 0) is 9.59 Å². The fourth-order valence-electron chi connectivity index (χ4n) is 3.77. The standard InChI is InChI=1S/C21H28N2O4/c1-4-5-6-13-23-20(24)18(19(21(23)25)22-11-7-8-12-22)15-9-10-16(26-2)17(14-15)27-3/h9-10,14H,4-8,11-13H2,1-3H3. The van der Waals surface area contributed by atoms with E-state index in [1.54, 1.807) is 26.4 Å². The SMILES string of the molecule is CCCCCN1C(=O)C(c2ccc(OC)c(OC)c2)=C(N2CCCC2)C1=O. The minimum atomic E-state index is -0.203. The number of benzene rings is 1. The number of methoxy groups -OCH3 is 2. The smallest absolute Gasteiger partial charge is 0.277 e. The van der Waals surface area contributed by atoms with Gasteiger partial charge in [-0.2, -0.15) is 0 Å². The molecule has 2 heterocycles. The molecule has 0 aromatic heterocycles. The number of unbranched alkanes of at least 4 members (excludes halogenated alkanes) is 2. The van der Waals surface area contributed by atoms with Crippen molar-refractivity contribution in [3.05, 3.63) is 29.5 Å². The number of amides is 2. The van der Waals surface area contributed by atoms with Gasteiger partial charge in [0.2, 0.25) is 0 Å². The van der Waals surface area contributed by atoms with E-state index in [0.717, 1.165) is 45.2 Å². The fourth-order valence-corrected chi connectivity index (χ4v) is 3.77. The number of carbonyl (C=O) groups excluding carboxylic acids is 2. The Kier molecular flexibility index (Phi) is 6.04. The molecule has 3 rings (SSSR count). The second-order valence-electron chi connectivity index (χ2n) is 6.96. The zero-order chi connectivity index (χ0) is 19.4. The summed E-state index contributed by atoms with van der Waals surface area (Å²) < 4.78 is 10.7. The third-order valence-corrected chi connectivity index (χ3v) is 5.22. The maximum absolute atomic E-state index is 13.2. The molecule has 6 heteroatoms. The Morgan fingerprint density at radius 2 is 1.67 bits per heavy atom. The molecule has 0 atom stereocenters. The number of hydrogen-bond acceptors (Lipinski definition) is 5. The molecule has 1 fully saturated rings. The monoisotopic (exact) mass is 372 g/mol. The van der Waals surface area contributed by atoms with Crippen molar-refractivity contribution >= 4 is 17.4 Å². The second kappa shape index (κ2) is 8.46. The summed E-state index contributed by atoms with van der Waals surface area (Å²) in [6.07, 6.45) is 4.97. The first kappa shape index (κ1) is 19.3. The van der Waals surface area contributed by atoms with Gasteiger partial charge < -0.3 is 14.4 Å². The van der Waals surface area contributed by atoms with Gasteiger partial charge in [0.1, 0.15) is 5.70 Å². The minimum Gasteiger partial charge on any atom is -0.493 e. The van der Waals surface area contributed by atoms with Crippen molar-refractivity contribution in [2.24, 2.45) is 0 Å². The molecule has 0 spiro atoms. The summed E-state index contributed by atoms with van der Waals surface area (Å²) in [6.45, 7) is 4.21. The number of imide groups is 1. The Bertz CT molecular complexity index is 751. The van der Waals surface area contributed by atoms with E-state index in [1.165, 1.54) is 4.90 Å². The zero-order valence-electron chi connectivity index (χ0n) is 16.4. The van der Waals surface area contributed by atoms with Crippen LogP contribution < -0.4 is 9.47 Å². The first-order valence-electron chi connectivity index (χ1n) is 9.70. The molecule has 1 aromatic carbocycles. The van der Waals surface area contributed by atoms with Crippen molar-refractivity contribution in [1.29, 1.82) is 0 Å². The van der Waals surface area contributed by atoms with Crippen LogP contribution in [0.5, 0.6) is 11.5 Å². The lowest BCUT2D eigenvalue weighted by molar-refractivity contribution is -0.137. The summed E-state index contributed by atoms with van der Waals surface area (Å²) in [4.78, 5) is 29.8. The van der Waals surface area contributed by atoms with Crippen LogP contribution in [0.3, 0.4) is 0 Å². The van der Waals surface area contributed by atoms with Gasteiger partial charge in [-0.15, -0.1) is 0 Å². The highest BCUT2D eigenvalue weighted by molar-refractivity contribution is 6.35. The lowest BCUT2D eigenvalue weighted by Crippen LogP contribution is -2.35. The predicted molar refractivity (Wildman–Crippen MR) is 104 cm³/mol. The van der Waals surface area contributed by atoms with E-state index in [0.29, 0.717) is 34.9 Å². The minimum absolute atomic E-state index is 0.164. The summed E-state index contributed by atoms with van der Waals surface area (Å²) in [5.41, 5.74) is 1.73. The molecule has 2 aliphatic rings. The Hall–Kier alpha value is -2.50. The van der Waals surface area contributed by atoms with Crippen molar-refractivity contribution < 1.29 is 19.1 Å². The van der Waals surface area contributed by atoms with Gasteiger partial charge in [-0.3, -0.25) is 14.5 Å². The molecule has 2 aliphatic heterocycles. The van der Waals surface area contributed by atoms with Gasteiger partial charge in [-0.1, -0.05) is 25.8 Å². The molecule has 0 radical (unpaired) electrons. The molecule has 0 N–H and O–H groups in total. The van der Waals surface area contributed by atoms with Gasteiger partial charge in [0.05, 0.1) is 19.8 Å². The Balaban J connectivity index is 2.01. The van der Waals surface area contributed by atoms with E-state index in [-0.39, 0.29) is 11.8 Å². The summed E-state index contributed by atoms with van der Waals surface area (Å²) in [7, 11) is 3.14. The van der Waals surface area contributed by atoms with Crippen LogP contribution in [-0.4, -0.2) is 55.5 Å². The Morgan fingerprint density at radius 3 is 2.30 bits per heavy atom. The number of rotatable bonds is 8. The van der Waals surface area contributed by atoms with E-state index in [1.807, 2.05) is 6.07 Å². The Labute approximate surface area is 160 Å². The van der Waals surface area contributed by atoms with Crippen LogP contribution in [0.1, 0.15) is 44.6 Å². The molecule has 0 aliphatic carbocycles. The molecule has 1 saturated heterocycles. The van der Waals surface area contributed by atoms with Crippen molar-refractivity contribution in [3.63, 3.8) is 0 Å². The number of likely N-dealkylation sites (tertiary alicyclic amines) is 1. The Morgan fingerprint density at radius 1 is 0.963 bits per heavy atom. The molecule has 0 saturated carbocycles. The van der Waals surface area contributed by atoms with E-state index in [2.05, 4.69) is 11.8 Å². The number of nitrogens with zero attached hydrogens (tertiary/aromatic N) is 2. The van der Waals surface area contributed by atoms with Crippen molar-refractivity contribution in [3.8, 4) is 11.5 Å². The van der Waals surface area contributed by atoms with Gasteiger partial charge >= 0.3 is 0 Å². The molecule has 27 heavy (non-hydrogen) atoms. The maximum Gasteiger partial charge on any atom is 0.277 e. The van der Waals surface area contributed by atoms with Crippen LogP contribution in [0.4, 0.5) is 0 Å². The second-order valence-corrected chi connectivity index (χ2v) is 6.96. The highest BCUT2D eigenvalue weighted by Gasteiger charge is 2.41. The van der Waals surface area contributed by atoms with Gasteiger partial charge in [0, 0.05) is 19.6 Å². The normalized spacial score (nSPS) is 17.3. The van der Waals surface area contributed by atoms with Crippen LogP contribution >= 0.6 is 0 Å². The maximum atomic E-state index is 13.2. The number of hydrogen-bond donors (Lipinski definition) is 0. The average Bonchev–Trinajstić information content (AvgIpc) is 3.29. The molecule has 0 unspecified atom stereocenters. The summed E-state index contributed by atoms with van der Waals surface area (Å²) in [5.74, 6) is 0.780. The predicted octanol–water partition coefficient (Wildman–Crippen LogP) is 3.07. The van der Waals surface area contributed by atoms with E-state index in [4.69, 9.17) is 9.47 Å². The molecule has 0 bridgehead atoms. The zero-order valence-corrected chi connectivity index (χ0v) is 16.4. The van der Waals surface area contributed by atoms with Crippen molar-refractivity contribution in [2.75, 3.05) is 33.9 Å². The highest BCUT2D eigenvalue weighted by atomic mass is 16.5. The number of ether oxygens (including phenoxy) is 2. The molecule has 6 nitrogen and oxygen atoms in total. The topological polar surface area (TPSA) is 59.1 Å². The largest absolute Gasteiger partial charge is 0.493 e. The van der Waals surface area contributed by atoms with Crippen LogP contribution in [0, 0.1) is 0 Å². The average molecular weight is 372 g/mol. The van der Waals surface area contributed by atoms with Crippen LogP contribution in [0.15, 0.2) is 23.9 Å². The molecule has 2 amide bonds. The van der Waals surface area contributed by atoms with Gasteiger partial charge in [-0.25, -0.2) is 0 Å². The quantitative estimate of drug-likeness (QED) is 0.518. The summed E-state index contributed by atoms with van der Waals surface area (Å²) >= 11 is 0. The fraction of sp³-hybridized carbons (Fsp3) is 0.524. The lowest BCUT2D eigenvalue weighted by Gasteiger charge is -2.20. The molecule has 146 valence electrons. The first-order valence-corrected chi connectivity index (χ1v) is 9.70. The first-order chi connectivity index (χ1) is 13.1. The van der Waals surface area contributed by atoms with Gasteiger partial charge in [0.25, 0.3) is 11.8 Å². The van der Waals surface area contributed by atoms with Crippen LogP contribution in [0.2, 0.25) is 0 Å². The highest BCUT2D eigenvalue weighted by Crippen LogP contribution is 2.37. The summed E-state index contributed by atoms with van der Waals surface area (Å²) in [6, 6.07) is 5.39. The van der Waals surface area contributed by atoms with Crippen molar-refractivity contribution in [1.82, 2.24) is 9.80 Å². The molecular formula is C21H28N2O4. The van der Waals surface area contributed by atoms with E-state index >= 15 is 0 Å². The van der Waals surface area contributed by atoms with Gasteiger partial charge in [-0.05, 0) is 37.0 Å². The summed E-state index contributed by atoms with van der Waals surface area (Å²) in [5, 5.41) is 0. The van der Waals surface area contributed by atoms with Crippen molar-refractivity contribution in [2.45, 2.75) is 39.0 Å². The third-order valence-electron chi connectivity index (χ3n) is 5.22. The molecule has 1 aromatic rings. The van der Waals surface area contributed by atoms with Gasteiger partial charge in [0.15, 0.2) is 11.5 Å². The van der Waals surface area contributed by atoms with E-state index < -0.39 is 0 Å². The van der Waals surface area contributed by atoms with E-state index in [9.17, 15) is 9.59 Å². The number of carbonyl (C=O) groups is 2. The van der Waals surface area contributed by atoms with Crippen LogP contribution in [0.25, 0.3) is 5.57 Å². The molecular weight excluding hydrogens is 344 g/mol.